The van der Waals surface area contributed by atoms with Crippen molar-refractivity contribution in [3.8, 4) is 0 Å². The van der Waals surface area contributed by atoms with Crippen LogP contribution in [0.4, 0.5) is 0 Å². The molecule has 0 atom stereocenters. The number of nitrogens with one attached hydrogen (secondary N) is 1. The molecule has 0 radical (unpaired) electrons. The van der Waals surface area contributed by atoms with E-state index < -0.39 is 10.0 Å². The molecule has 0 spiro atoms. The Bertz CT molecular complexity index is 854. The number of amides is 1. The first-order valence-corrected chi connectivity index (χ1v) is 11.1. The summed E-state index contributed by atoms with van der Waals surface area (Å²) in [5.41, 5.74) is 1.44. The first-order valence-electron chi connectivity index (χ1n) is 8.76. The highest BCUT2D eigenvalue weighted by Gasteiger charge is 2.25. The van der Waals surface area contributed by atoms with Crippen LogP contribution in [0.2, 0.25) is 0 Å². The molecule has 0 saturated carbocycles. The van der Waals surface area contributed by atoms with Gasteiger partial charge in [0, 0.05) is 42.7 Å². The summed E-state index contributed by atoms with van der Waals surface area (Å²) in [7, 11) is -3.46. The zero-order valence-electron chi connectivity index (χ0n) is 14.8. The maximum atomic E-state index is 12.6. The number of benzene rings is 1. The van der Waals surface area contributed by atoms with Crippen molar-refractivity contribution < 1.29 is 13.2 Å². The Morgan fingerprint density at radius 1 is 1.19 bits per heavy atom. The summed E-state index contributed by atoms with van der Waals surface area (Å²) in [6, 6.07) is 6.17. The summed E-state index contributed by atoms with van der Waals surface area (Å²) >= 11 is 1.58. The number of hydrogen-bond donors (Lipinski definition) is 1. The fraction of sp³-hybridized carbons (Fsp3) is 0.444. The first kappa shape index (κ1) is 19.0. The van der Waals surface area contributed by atoms with Gasteiger partial charge < -0.3 is 5.32 Å². The highest BCUT2D eigenvalue weighted by atomic mass is 32.2. The topological polar surface area (TPSA) is 79.4 Å². The van der Waals surface area contributed by atoms with Gasteiger partial charge >= 0.3 is 0 Å². The van der Waals surface area contributed by atoms with Gasteiger partial charge in [0.25, 0.3) is 5.91 Å². The van der Waals surface area contributed by atoms with Crippen LogP contribution in [0.3, 0.4) is 0 Å². The number of carbonyl (C=O) groups excluding carboxylic acids is 1. The smallest absolute Gasteiger partial charge is 0.251 e. The Balaban J connectivity index is 1.58. The third kappa shape index (κ3) is 4.49. The maximum absolute atomic E-state index is 12.6. The first-order chi connectivity index (χ1) is 12.5. The van der Waals surface area contributed by atoms with Gasteiger partial charge in [-0.2, -0.15) is 4.31 Å². The Hall–Kier alpha value is -1.77. The normalized spacial score (nSPS) is 15.7. The van der Waals surface area contributed by atoms with Crippen molar-refractivity contribution in [2.75, 3.05) is 19.6 Å². The Labute approximate surface area is 158 Å². The quantitative estimate of drug-likeness (QED) is 0.818. The SMILES string of the molecule is Cc1csc(CCNC(=O)c2ccc(S(=O)(=O)N3CCCCC3)cc2)n1. The van der Waals surface area contributed by atoms with E-state index in [2.05, 4.69) is 10.3 Å². The number of aromatic nitrogens is 1. The molecule has 1 N–H and O–H groups in total. The van der Waals surface area contributed by atoms with Crippen molar-refractivity contribution in [3.63, 3.8) is 0 Å². The van der Waals surface area contributed by atoms with E-state index in [4.69, 9.17) is 0 Å². The van der Waals surface area contributed by atoms with E-state index in [1.54, 1.807) is 23.5 Å². The summed E-state index contributed by atoms with van der Waals surface area (Å²) in [6.07, 6.45) is 3.56. The minimum Gasteiger partial charge on any atom is -0.352 e. The lowest BCUT2D eigenvalue weighted by atomic mass is 10.2. The van der Waals surface area contributed by atoms with Gasteiger partial charge in [0.05, 0.1) is 9.90 Å². The van der Waals surface area contributed by atoms with Gasteiger partial charge in [-0.15, -0.1) is 11.3 Å². The predicted molar refractivity (Wildman–Crippen MR) is 102 cm³/mol. The number of hydrogen-bond acceptors (Lipinski definition) is 5. The third-order valence-electron chi connectivity index (χ3n) is 4.36. The van der Waals surface area contributed by atoms with Crippen molar-refractivity contribution in [3.05, 3.63) is 45.9 Å². The van der Waals surface area contributed by atoms with Gasteiger partial charge in [-0.3, -0.25) is 4.79 Å². The van der Waals surface area contributed by atoms with Gasteiger partial charge in [0.1, 0.15) is 0 Å². The molecule has 0 unspecified atom stereocenters. The van der Waals surface area contributed by atoms with Gasteiger partial charge in [0.15, 0.2) is 0 Å². The second-order valence-corrected chi connectivity index (χ2v) is 9.26. The molecular weight excluding hydrogens is 370 g/mol. The number of sulfonamides is 1. The van der Waals surface area contributed by atoms with Crippen LogP contribution in [0.5, 0.6) is 0 Å². The minimum absolute atomic E-state index is 0.208. The number of rotatable bonds is 6. The van der Waals surface area contributed by atoms with Gasteiger partial charge in [0.2, 0.25) is 10.0 Å². The summed E-state index contributed by atoms with van der Waals surface area (Å²) in [6.45, 7) is 3.58. The second-order valence-electron chi connectivity index (χ2n) is 6.38. The highest BCUT2D eigenvalue weighted by molar-refractivity contribution is 7.89. The van der Waals surface area contributed by atoms with E-state index in [9.17, 15) is 13.2 Å². The molecule has 1 amide bonds. The molecular formula is C18H23N3O3S2. The Kier molecular flexibility index (Phi) is 6.05. The molecule has 8 heteroatoms. The van der Waals surface area contributed by atoms with E-state index >= 15 is 0 Å². The van der Waals surface area contributed by atoms with E-state index in [1.165, 1.54) is 16.4 Å². The van der Waals surface area contributed by atoms with Crippen molar-refractivity contribution in [2.24, 2.45) is 0 Å². The van der Waals surface area contributed by atoms with Crippen LogP contribution < -0.4 is 5.32 Å². The second kappa shape index (κ2) is 8.28. The fourth-order valence-electron chi connectivity index (χ4n) is 2.94. The molecule has 1 aromatic carbocycles. The predicted octanol–water partition coefficient (Wildman–Crippen LogP) is 2.60. The Morgan fingerprint density at radius 3 is 2.50 bits per heavy atom. The van der Waals surface area contributed by atoms with E-state index in [0.717, 1.165) is 30.0 Å². The molecule has 0 aliphatic carbocycles. The molecule has 1 aromatic heterocycles. The van der Waals surface area contributed by atoms with Crippen LogP contribution in [0.25, 0.3) is 0 Å². The van der Waals surface area contributed by atoms with Crippen molar-refractivity contribution in [2.45, 2.75) is 37.5 Å². The van der Waals surface area contributed by atoms with Crippen molar-refractivity contribution >= 4 is 27.3 Å². The summed E-state index contributed by atoms with van der Waals surface area (Å²) in [5.74, 6) is -0.208. The van der Waals surface area contributed by atoms with Crippen LogP contribution in [-0.2, 0) is 16.4 Å². The van der Waals surface area contributed by atoms with Crippen LogP contribution in [0, 0.1) is 6.92 Å². The van der Waals surface area contributed by atoms with Crippen molar-refractivity contribution in [1.29, 1.82) is 0 Å². The standard InChI is InChI=1S/C18H23N3O3S2/c1-14-13-25-17(20-14)9-10-19-18(22)15-5-7-16(8-6-15)26(23,24)21-11-3-2-4-12-21/h5-8,13H,2-4,9-12H2,1H3,(H,19,22). The van der Waals surface area contributed by atoms with E-state index in [1.807, 2.05) is 12.3 Å². The monoisotopic (exact) mass is 393 g/mol. The molecule has 2 heterocycles. The van der Waals surface area contributed by atoms with Gasteiger partial charge in [-0.1, -0.05) is 6.42 Å². The molecule has 0 bridgehead atoms. The highest BCUT2D eigenvalue weighted by Crippen LogP contribution is 2.20. The number of thiazole rings is 1. The zero-order chi connectivity index (χ0) is 18.6. The maximum Gasteiger partial charge on any atom is 0.251 e. The third-order valence-corrected chi connectivity index (χ3v) is 7.30. The average Bonchev–Trinajstić information content (AvgIpc) is 3.07. The van der Waals surface area contributed by atoms with Crippen LogP contribution in [0.15, 0.2) is 34.5 Å². The molecule has 3 rings (SSSR count). The van der Waals surface area contributed by atoms with Crippen LogP contribution >= 0.6 is 11.3 Å². The lowest BCUT2D eigenvalue weighted by molar-refractivity contribution is 0.0954. The van der Waals surface area contributed by atoms with Crippen molar-refractivity contribution in [1.82, 2.24) is 14.6 Å². The van der Waals surface area contributed by atoms with Gasteiger partial charge in [-0.05, 0) is 44.0 Å². The molecule has 1 fully saturated rings. The van der Waals surface area contributed by atoms with Crippen LogP contribution in [-0.4, -0.2) is 43.2 Å². The molecule has 6 nitrogen and oxygen atoms in total. The number of carbonyl (C=O) groups is 1. The number of nitrogens with zero attached hydrogens (tertiary/aromatic N) is 2. The molecule has 2 aromatic rings. The number of aryl methyl sites for hydroxylation is 1. The Morgan fingerprint density at radius 2 is 1.88 bits per heavy atom. The molecule has 26 heavy (non-hydrogen) atoms. The summed E-state index contributed by atoms with van der Waals surface area (Å²) in [5, 5.41) is 5.82. The molecule has 1 aliphatic rings. The molecule has 1 aliphatic heterocycles. The zero-order valence-corrected chi connectivity index (χ0v) is 16.4. The summed E-state index contributed by atoms with van der Waals surface area (Å²) < 4.78 is 26.8. The number of piperidine rings is 1. The van der Waals surface area contributed by atoms with E-state index in [0.29, 0.717) is 31.6 Å². The average molecular weight is 394 g/mol. The lowest BCUT2D eigenvalue weighted by Gasteiger charge is -2.25. The minimum atomic E-state index is -3.46. The fourth-order valence-corrected chi connectivity index (χ4v) is 5.23. The molecule has 140 valence electrons. The van der Waals surface area contributed by atoms with Crippen LogP contribution in [0.1, 0.15) is 40.3 Å². The van der Waals surface area contributed by atoms with E-state index in [-0.39, 0.29) is 10.8 Å². The summed E-state index contributed by atoms with van der Waals surface area (Å²) in [4.78, 5) is 16.8. The van der Waals surface area contributed by atoms with Gasteiger partial charge in [-0.25, -0.2) is 13.4 Å². The molecule has 1 saturated heterocycles. The lowest BCUT2D eigenvalue weighted by Crippen LogP contribution is -2.35. The largest absolute Gasteiger partial charge is 0.352 e.